The second-order valence-corrected chi connectivity index (χ2v) is 4.15. The van der Waals surface area contributed by atoms with Gasteiger partial charge in [-0.15, -0.1) is 0 Å². The van der Waals surface area contributed by atoms with Gasteiger partial charge in [-0.05, 0) is 29.7 Å². The number of primary amides is 1. The minimum Gasteiger partial charge on any atom is -0.368 e. The van der Waals surface area contributed by atoms with Crippen LogP contribution in [0.15, 0.2) is 30.3 Å². The smallest absolute Gasteiger partial charge is 0.244 e. The number of amides is 2. The fourth-order valence-electron chi connectivity index (χ4n) is 1.46. The molecule has 18 heavy (non-hydrogen) atoms. The fourth-order valence-corrected chi connectivity index (χ4v) is 1.65. The molecule has 0 aromatic heterocycles. The van der Waals surface area contributed by atoms with Crippen molar-refractivity contribution in [2.45, 2.75) is 13.3 Å². The zero-order valence-corrected chi connectivity index (χ0v) is 10.8. The molecule has 0 fully saturated rings. The molecule has 0 saturated carbocycles. The number of nitrogens with one attached hydrogen (secondary N) is 1. The van der Waals surface area contributed by atoms with Crippen LogP contribution in [0.4, 0.5) is 0 Å². The van der Waals surface area contributed by atoms with Crippen LogP contribution in [0.3, 0.4) is 0 Å². The predicted octanol–water partition coefficient (Wildman–Crippen LogP) is 1.73. The van der Waals surface area contributed by atoms with Crippen LogP contribution < -0.4 is 11.1 Å². The Morgan fingerprint density at radius 1 is 1.44 bits per heavy atom. The van der Waals surface area contributed by atoms with Crippen molar-refractivity contribution >= 4 is 29.0 Å². The van der Waals surface area contributed by atoms with E-state index in [1.54, 1.807) is 12.1 Å². The summed E-state index contributed by atoms with van der Waals surface area (Å²) in [6, 6.07) is 7.26. The lowest BCUT2D eigenvalue weighted by atomic mass is 10.0. The average Bonchev–Trinajstić information content (AvgIpc) is 2.33. The number of hydrogen-bond donors (Lipinski definition) is 2. The molecule has 0 aliphatic carbocycles. The van der Waals surface area contributed by atoms with Crippen molar-refractivity contribution in [2.24, 2.45) is 5.73 Å². The highest BCUT2D eigenvalue weighted by atomic mass is 35.5. The van der Waals surface area contributed by atoms with E-state index in [9.17, 15) is 9.59 Å². The van der Waals surface area contributed by atoms with Gasteiger partial charge < -0.3 is 11.1 Å². The molecule has 1 rings (SSSR count). The standard InChI is InChI=1S/C13H15ClN2O2/c1-2-9(7-13(18)16-8-12(15)17)10-4-3-5-11(14)6-10/h3-7H,2,8H2,1H3,(H2,15,17)(H,16,18)/b9-7+. The van der Waals surface area contributed by atoms with E-state index in [-0.39, 0.29) is 12.5 Å². The van der Waals surface area contributed by atoms with Crippen LogP contribution in [0, 0.1) is 0 Å². The summed E-state index contributed by atoms with van der Waals surface area (Å²) in [5.41, 5.74) is 6.68. The summed E-state index contributed by atoms with van der Waals surface area (Å²) >= 11 is 5.90. The van der Waals surface area contributed by atoms with Crippen LogP contribution >= 0.6 is 11.6 Å². The summed E-state index contributed by atoms with van der Waals surface area (Å²) < 4.78 is 0. The summed E-state index contributed by atoms with van der Waals surface area (Å²) in [6.45, 7) is 1.77. The first-order valence-corrected chi connectivity index (χ1v) is 5.93. The monoisotopic (exact) mass is 266 g/mol. The number of rotatable bonds is 5. The number of benzene rings is 1. The molecule has 0 heterocycles. The molecular weight excluding hydrogens is 252 g/mol. The summed E-state index contributed by atoms with van der Waals surface area (Å²) in [6.07, 6.45) is 2.14. The highest BCUT2D eigenvalue weighted by Crippen LogP contribution is 2.21. The van der Waals surface area contributed by atoms with Gasteiger partial charge in [0.05, 0.1) is 6.54 Å². The molecule has 0 aliphatic heterocycles. The third kappa shape index (κ3) is 4.59. The summed E-state index contributed by atoms with van der Waals surface area (Å²) in [5.74, 6) is -0.914. The number of nitrogens with two attached hydrogens (primary N) is 1. The second-order valence-electron chi connectivity index (χ2n) is 3.72. The van der Waals surface area contributed by atoms with Crippen molar-refractivity contribution in [3.63, 3.8) is 0 Å². The Bertz CT molecular complexity index is 484. The lowest BCUT2D eigenvalue weighted by Crippen LogP contribution is -2.32. The van der Waals surface area contributed by atoms with Gasteiger partial charge in [0.2, 0.25) is 11.8 Å². The minimum atomic E-state index is -0.572. The van der Waals surface area contributed by atoms with E-state index in [2.05, 4.69) is 5.32 Å². The van der Waals surface area contributed by atoms with E-state index >= 15 is 0 Å². The molecule has 1 aromatic rings. The predicted molar refractivity (Wildman–Crippen MR) is 71.9 cm³/mol. The highest BCUT2D eigenvalue weighted by molar-refractivity contribution is 6.30. The van der Waals surface area contributed by atoms with Crippen LogP contribution in [0.5, 0.6) is 0 Å². The molecule has 5 heteroatoms. The molecule has 2 amide bonds. The first-order valence-electron chi connectivity index (χ1n) is 5.55. The molecular formula is C13H15ClN2O2. The molecule has 0 unspecified atom stereocenters. The fraction of sp³-hybridized carbons (Fsp3) is 0.231. The zero-order valence-electron chi connectivity index (χ0n) is 10.1. The third-order valence-electron chi connectivity index (χ3n) is 2.32. The van der Waals surface area contributed by atoms with Gasteiger partial charge in [0, 0.05) is 11.1 Å². The zero-order chi connectivity index (χ0) is 13.5. The quantitative estimate of drug-likeness (QED) is 0.797. The third-order valence-corrected chi connectivity index (χ3v) is 2.55. The Balaban J connectivity index is 2.82. The van der Waals surface area contributed by atoms with Crippen LogP contribution in [-0.2, 0) is 9.59 Å². The largest absolute Gasteiger partial charge is 0.368 e. The molecule has 0 bridgehead atoms. The van der Waals surface area contributed by atoms with Crippen molar-refractivity contribution < 1.29 is 9.59 Å². The van der Waals surface area contributed by atoms with E-state index in [1.165, 1.54) is 6.08 Å². The first-order chi connectivity index (χ1) is 8.52. The number of halogens is 1. The lowest BCUT2D eigenvalue weighted by Gasteiger charge is -2.06. The number of hydrogen-bond acceptors (Lipinski definition) is 2. The van der Waals surface area contributed by atoms with Gasteiger partial charge in [-0.25, -0.2) is 0 Å². The maximum Gasteiger partial charge on any atom is 0.244 e. The first kappa shape index (κ1) is 14.3. The highest BCUT2D eigenvalue weighted by Gasteiger charge is 2.04. The Labute approximate surface area is 111 Å². The number of allylic oxidation sites excluding steroid dienone is 1. The van der Waals surface area contributed by atoms with E-state index in [1.807, 2.05) is 19.1 Å². The Hall–Kier alpha value is -1.81. The topological polar surface area (TPSA) is 72.2 Å². The number of carbonyl (C=O) groups is 2. The van der Waals surface area contributed by atoms with E-state index in [4.69, 9.17) is 17.3 Å². The minimum absolute atomic E-state index is 0.165. The number of carbonyl (C=O) groups excluding carboxylic acids is 2. The van der Waals surface area contributed by atoms with Gasteiger partial charge in [-0.2, -0.15) is 0 Å². The van der Waals surface area contributed by atoms with Crippen LogP contribution in [0.1, 0.15) is 18.9 Å². The normalized spacial score (nSPS) is 11.1. The summed E-state index contributed by atoms with van der Waals surface area (Å²) in [5, 5.41) is 3.02. The van der Waals surface area contributed by atoms with Crippen molar-refractivity contribution in [3.8, 4) is 0 Å². The van der Waals surface area contributed by atoms with Crippen LogP contribution in [-0.4, -0.2) is 18.4 Å². The molecule has 4 nitrogen and oxygen atoms in total. The summed E-state index contributed by atoms with van der Waals surface area (Å²) in [7, 11) is 0. The molecule has 0 atom stereocenters. The van der Waals surface area contributed by atoms with Gasteiger partial charge in [0.25, 0.3) is 0 Å². The maximum atomic E-state index is 11.5. The Morgan fingerprint density at radius 2 is 2.17 bits per heavy atom. The van der Waals surface area contributed by atoms with Gasteiger partial charge in [-0.1, -0.05) is 30.7 Å². The van der Waals surface area contributed by atoms with Crippen molar-refractivity contribution in [1.82, 2.24) is 5.32 Å². The van der Waals surface area contributed by atoms with Crippen molar-refractivity contribution in [1.29, 1.82) is 0 Å². The Kier molecular flexibility index (Phi) is 5.39. The molecule has 0 radical (unpaired) electrons. The van der Waals surface area contributed by atoms with E-state index in [0.717, 1.165) is 11.1 Å². The summed E-state index contributed by atoms with van der Waals surface area (Å²) in [4.78, 5) is 22.1. The van der Waals surface area contributed by atoms with Crippen LogP contribution in [0.25, 0.3) is 5.57 Å². The molecule has 3 N–H and O–H groups in total. The Morgan fingerprint density at radius 3 is 2.72 bits per heavy atom. The molecule has 1 aromatic carbocycles. The van der Waals surface area contributed by atoms with Gasteiger partial charge in [0.15, 0.2) is 0 Å². The maximum absolute atomic E-state index is 11.5. The van der Waals surface area contributed by atoms with Crippen LogP contribution in [0.2, 0.25) is 5.02 Å². The van der Waals surface area contributed by atoms with Crippen molar-refractivity contribution in [3.05, 3.63) is 40.9 Å². The SMILES string of the molecule is CC/C(=C\C(=O)NCC(N)=O)c1cccc(Cl)c1. The van der Waals surface area contributed by atoms with Gasteiger partial charge in [-0.3, -0.25) is 9.59 Å². The molecule has 96 valence electrons. The van der Waals surface area contributed by atoms with Crippen molar-refractivity contribution in [2.75, 3.05) is 6.54 Å². The van der Waals surface area contributed by atoms with Gasteiger partial charge in [0.1, 0.15) is 0 Å². The van der Waals surface area contributed by atoms with E-state index in [0.29, 0.717) is 11.4 Å². The van der Waals surface area contributed by atoms with Gasteiger partial charge >= 0.3 is 0 Å². The molecule has 0 aliphatic rings. The average molecular weight is 267 g/mol. The second kappa shape index (κ2) is 6.81. The van der Waals surface area contributed by atoms with E-state index < -0.39 is 5.91 Å². The lowest BCUT2D eigenvalue weighted by molar-refractivity contribution is -0.122. The molecule has 0 saturated heterocycles. The molecule has 0 spiro atoms.